The van der Waals surface area contributed by atoms with Gasteiger partial charge in [-0.15, -0.1) is 0 Å². The van der Waals surface area contributed by atoms with E-state index in [-0.39, 0.29) is 0 Å². The SMILES string of the molecule is c1ccc(-c2nc3cccc(N(c4ccc5c(c4)c4ccccc4n5-c4ccccc4)c4ccc5c6c7ccccc7ccc6n(-c6ccccc6)c5c4)c3o2)cc1. The molecule has 0 saturated carbocycles. The van der Waals surface area contributed by atoms with Crippen molar-refractivity contribution in [3.8, 4) is 22.8 Å². The molecular weight excluding hydrogens is 709 g/mol. The molecule has 3 heterocycles. The molecule has 12 rings (SSSR count). The topological polar surface area (TPSA) is 39.1 Å². The second-order valence-corrected chi connectivity index (χ2v) is 14.8. The molecule has 0 amide bonds. The van der Waals surface area contributed by atoms with Crippen LogP contribution in [0.2, 0.25) is 0 Å². The van der Waals surface area contributed by atoms with Crippen molar-refractivity contribution >= 4 is 82.5 Å². The predicted octanol–water partition coefficient (Wildman–Crippen LogP) is 14.3. The molecule has 5 nitrogen and oxygen atoms in total. The summed E-state index contributed by atoms with van der Waals surface area (Å²) in [6, 6.07) is 73.2. The first kappa shape index (κ1) is 32.4. The first-order valence-corrected chi connectivity index (χ1v) is 19.6. The predicted molar refractivity (Wildman–Crippen MR) is 240 cm³/mol. The lowest BCUT2D eigenvalue weighted by atomic mass is 10.0. The highest BCUT2D eigenvalue weighted by Crippen LogP contribution is 2.45. The van der Waals surface area contributed by atoms with Crippen molar-refractivity contribution in [2.75, 3.05) is 4.90 Å². The number of rotatable bonds is 6. The number of aromatic nitrogens is 3. The van der Waals surface area contributed by atoms with Crippen LogP contribution < -0.4 is 4.90 Å². The Labute approximate surface area is 333 Å². The van der Waals surface area contributed by atoms with Crippen LogP contribution in [0.1, 0.15) is 0 Å². The van der Waals surface area contributed by atoms with Gasteiger partial charge in [0.2, 0.25) is 5.89 Å². The zero-order valence-electron chi connectivity index (χ0n) is 31.3. The van der Waals surface area contributed by atoms with Gasteiger partial charge in [-0.1, -0.05) is 115 Å². The smallest absolute Gasteiger partial charge is 0.227 e. The molecule has 272 valence electrons. The van der Waals surface area contributed by atoms with E-state index in [1.54, 1.807) is 0 Å². The average molecular weight is 743 g/mol. The van der Waals surface area contributed by atoms with Crippen LogP contribution in [0.5, 0.6) is 0 Å². The summed E-state index contributed by atoms with van der Waals surface area (Å²) in [4.78, 5) is 7.34. The van der Waals surface area contributed by atoms with Crippen LogP contribution in [-0.4, -0.2) is 14.1 Å². The summed E-state index contributed by atoms with van der Waals surface area (Å²) in [5, 5.41) is 7.27. The lowest BCUT2D eigenvalue weighted by Gasteiger charge is -2.26. The zero-order valence-corrected chi connectivity index (χ0v) is 31.3. The van der Waals surface area contributed by atoms with Crippen molar-refractivity contribution in [2.24, 2.45) is 0 Å². The van der Waals surface area contributed by atoms with Gasteiger partial charge < -0.3 is 18.5 Å². The molecule has 5 heteroatoms. The van der Waals surface area contributed by atoms with Crippen LogP contribution in [0.25, 0.3) is 88.3 Å². The van der Waals surface area contributed by atoms with Crippen LogP contribution in [-0.2, 0) is 0 Å². The maximum atomic E-state index is 6.74. The van der Waals surface area contributed by atoms with Gasteiger partial charge in [-0.2, -0.15) is 0 Å². The quantitative estimate of drug-likeness (QED) is 0.170. The number of oxazole rings is 1. The second-order valence-electron chi connectivity index (χ2n) is 14.8. The molecule has 0 radical (unpaired) electrons. The summed E-state index contributed by atoms with van der Waals surface area (Å²) in [6.45, 7) is 0. The number of anilines is 3. The molecule has 0 atom stereocenters. The third-order valence-corrected chi connectivity index (χ3v) is 11.5. The Kier molecular flexibility index (Phi) is 7.16. The van der Waals surface area contributed by atoms with Gasteiger partial charge in [0, 0.05) is 49.9 Å². The number of para-hydroxylation sites is 4. The number of nitrogens with zero attached hydrogens (tertiary/aromatic N) is 4. The number of benzene rings is 9. The normalized spacial score (nSPS) is 11.8. The molecule has 0 aliphatic rings. The second kappa shape index (κ2) is 12.8. The van der Waals surface area contributed by atoms with Gasteiger partial charge in [0.25, 0.3) is 0 Å². The van der Waals surface area contributed by atoms with Crippen LogP contribution in [0, 0.1) is 0 Å². The lowest BCUT2D eigenvalue weighted by molar-refractivity contribution is 0.620. The van der Waals surface area contributed by atoms with Crippen LogP contribution in [0.15, 0.2) is 211 Å². The van der Waals surface area contributed by atoms with Gasteiger partial charge in [-0.3, -0.25) is 0 Å². The molecule has 0 aliphatic heterocycles. The number of hydrogen-bond donors (Lipinski definition) is 0. The van der Waals surface area contributed by atoms with Gasteiger partial charge in [0.1, 0.15) is 5.52 Å². The van der Waals surface area contributed by atoms with Gasteiger partial charge in [0.05, 0.1) is 27.8 Å². The van der Waals surface area contributed by atoms with E-state index in [1.807, 2.05) is 36.4 Å². The Morgan fingerprint density at radius 3 is 1.83 bits per heavy atom. The van der Waals surface area contributed by atoms with E-state index in [9.17, 15) is 0 Å². The van der Waals surface area contributed by atoms with Crippen molar-refractivity contribution in [3.05, 3.63) is 206 Å². The van der Waals surface area contributed by atoms with Crippen LogP contribution in [0.4, 0.5) is 17.1 Å². The Balaban J connectivity index is 1.15. The van der Waals surface area contributed by atoms with Gasteiger partial charge >= 0.3 is 0 Å². The molecule has 0 fully saturated rings. The zero-order chi connectivity index (χ0) is 38.2. The van der Waals surface area contributed by atoms with E-state index in [0.717, 1.165) is 56.1 Å². The molecule has 0 saturated heterocycles. The summed E-state index contributed by atoms with van der Waals surface area (Å²) in [6.07, 6.45) is 0. The van der Waals surface area contributed by atoms with Crippen molar-refractivity contribution in [1.29, 1.82) is 0 Å². The molecule has 58 heavy (non-hydrogen) atoms. The third kappa shape index (κ3) is 4.93. The molecular formula is C53H34N4O. The molecule has 9 aromatic carbocycles. The highest BCUT2D eigenvalue weighted by Gasteiger charge is 2.24. The summed E-state index contributed by atoms with van der Waals surface area (Å²) in [5.41, 5.74) is 12.2. The summed E-state index contributed by atoms with van der Waals surface area (Å²) in [5.74, 6) is 0.593. The highest BCUT2D eigenvalue weighted by molar-refractivity contribution is 6.22. The minimum Gasteiger partial charge on any atom is -0.434 e. The van der Waals surface area contributed by atoms with Crippen molar-refractivity contribution in [1.82, 2.24) is 14.1 Å². The molecule has 0 unspecified atom stereocenters. The van der Waals surface area contributed by atoms with E-state index in [4.69, 9.17) is 9.40 Å². The molecule has 0 N–H and O–H groups in total. The maximum absolute atomic E-state index is 6.74. The molecule has 12 aromatic rings. The van der Waals surface area contributed by atoms with E-state index in [1.165, 1.54) is 43.4 Å². The molecule has 0 spiro atoms. The maximum Gasteiger partial charge on any atom is 0.227 e. The summed E-state index contributed by atoms with van der Waals surface area (Å²) in [7, 11) is 0. The van der Waals surface area contributed by atoms with Crippen molar-refractivity contribution in [3.63, 3.8) is 0 Å². The van der Waals surface area contributed by atoms with E-state index in [0.29, 0.717) is 5.89 Å². The number of fused-ring (bicyclic) bond motifs is 9. The van der Waals surface area contributed by atoms with E-state index >= 15 is 0 Å². The fourth-order valence-electron chi connectivity index (χ4n) is 8.97. The fourth-order valence-corrected chi connectivity index (χ4v) is 8.97. The van der Waals surface area contributed by atoms with E-state index in [2.05, 4.69) is 184 Å². The summed E-state index contributed by atoms with van der Waals surface area (Å²) >= 11 is 0. The van der Waals surface area contributed by atoms with Crippen LogP contribution >= 0.6 is 0 Å². The number of hydrogen-bond acceptors (Lipinski definition) is 3. The Bertz CT molecular complexity index is 3510. The molecule has 0 bridgehead atoms. The molecule has 3 aromatic heterocycles. The molecule has 0 aliphatic carbocycles. The average Bonchev–Trinajstić information content (AvgIpc) is 3.98. The highest BCUT2D eigenvalue weighted by atomic mass is 16.3. The third-order valence-electron chi connectivity index (χ3n) is 11.5. The van der Waals surface area contributed by atoms with Crippen LogP contribution in [0.3, 0.4) is 0 Å². The minimum atomic E-state index is 0.593. The first-order chi connectivity index (χ1) is 28.8. The van der Waals surface area contributed by atoms with Crippen molar-refractivity contribution < 1.29 is 4.42 Å². The monoisotopic (exact) mass is 742 g/mol. The minimum absolute atomic E-state index is 0.593. The Morgan fingerprint density at radius 1 is 0.414 bits per heavy atom. The van der Waals surface area contributed by atoms with Gasteiger partial charge in [-0.25, -0.2) is 4.98 Å². The van der Waals surface area contributed by atoms with Crippen molar-refractivity contribution in [2.45, 2.75) is 0 Å². The van der Waals surface area contributed by atoms with E-state index < -0.39 is 0 Å². The fraction of sp³-hybridized carbons (Fsp3) is 0. The largest absolute Gasteiger partial charge is 0.434 e. The first-order valence-electron chi connectivity index (χ1n) is 19.6. The Morgan fingerprint density at radius 2 is 1.03 bits per heavy atom. The van der Waals surface area contributed by atoms with Gasteiger partial charge in [0.15, 0.2) is 5.58 Å². The van der Waals surface area contributed by atoms with Gasteiger partial charge in [-0.05, 0) is 102 Å². The summed E-state index contributed by atoms with van der Waals surface area (Å²) < 4.78 is 11.5. The Hall–Kier alpha value is -7.89. The standard InChI is InChI=1S/C53H34N4O/c1-4-16-36(17-5-1)53-54-45-24-14-26-49(52(45)58-53)55(39-29-32-47-44(33-39)42-23-12-13-25-46(42)56(47)37-18-6-2-7-19-37)40-28-30-43-50(34-40)57(38-20-8-3-9-21-38)48-31-27-35-15-10-11-22-41(35)51(43)48/h1-34H. The lowest BCUT2D eigenvalue weighted by Crippen LogP contribution is -2.10.